The summed E-state index contributed by atoms with van der Waals surface area (Å²) in [5.74, 6) is 0.165. The molecular weight excluding hydrogens is 378 g/mol. The van der Waals surface area contributed by atoms with Crippen molar-refractivity contribution in [3.63, 3.8) is 0 Å². The number of amides is 1. The van der Waals surface area contributed by atoms with Crippen LogP contribution in [0.3, 0.4) is 0 Å². The minimum absolute atomic E-state index is 0.0144. The third-order valence-electron chi connectivity index (χ3n) is 3.88. The van der Waals surface area contributed by atoms with Gasteiger partial charge < -0.3 is 23.5 Å². The van der Waals surface area contributed by atoms with Gasteiger partial charge in [-0.2, -0.15) is 0 Å². The molecule has 0 aliphatic heterocycles. The van der Waals surface area contributed by atoms with Crippen LogP contribution in [-0.4, -0.2) is 37.7 Å². The van der Waals surface area contributed by atoms with Gasteiger partial charge in [-0.1, -0.05) is 0 Å². The summed E-state index contributed by atoms with van der Waals surface area (Å²) >= 11 is 0. The molecule has 0 spiro atoms. The van der Waals surface area contributed by atoms with Crippen molar-refractivity contribution in [1.82, 2.24) is 4.90 Å². The highest BCUT2D eigenvalue weighted by molar-refractivity contribution is 5.89. The van der Waals surface area contributed by atoms with Gasteiger partial charge >= 0.3 is 12.1 Å². The Morgan fingerprint density at radius 2 is 1.72 bits per heavy atom. The molecule has 29 heavy (non-hydrogen) atoms. The molecule has 0 unspecified atom stereocenters. The predicted molar refractivity (Wildman–Crippen MR) is 105 cm³/mol. The summed E-state index contributed by atoms with van der Waals surface area (Å²) in [6, 6.07) is 10.6. The Morgan fingerprint density at radius 1 is 1.03 bits per heavy atom. The van der Waals surface area contributed by atoms with Crippen LogP contribution in [0, 0.1) is 0 Å². The van der Waals surface area contributed by atoms with Gasteiger partial charge in [-0.25, -0.2) is 9.59 Å². The summed E-state index contributed by atoms with van der Waals surface area (Å²) in [7, 11) is 3.12. The van der Waals surface area contributed by atoms with Gasteiger partial charge in [0.2, 0.25) is 11.2 Å². The maximum Gasteiger partial charge on any atom is 0.414 e. The molecule has 1 heterocycles. The summed E-state index contributed by atoms with van der Waals surface area (Å²) in [4.78, 5) is 37.3. The summed E-state index contributed by atoms with van der Waals surface area (Å²) in [6.07, 6.45) is 0.638. The molecule has 8 nitrogen and oxygen atoms in total. The zero-order valence-electron chi connectivity index (χ0n) is 16.1. The summed E-state index contributed by atoms with van der Waals surface area (Å²) in [6.45, 7) is 2.01. The van der Waals surface area contributed by atoms with Gasteiger partial charge in [0.1, 0.15) is 23.3 Å². The van der Waals surface area contributed by atoms with E-state index in [2.05, 4.69) is 0 Å². The van der Waals surface area contributed by atoms with Crippen LogP contribution in [0.5, 0.6) is 17.2 Å². The van der Waals surface area contributed by atoms with Crippen LogP contribution in [0.1, 0.15) is 17.3 Å². The summed E-state index contributed by atoms with van der Waals surface area (Å²) in [5, 5.41) is 0.273. The maximum absolute atomic E-state index is 12.7. The van der Waals surface area contributed by atoms with Crippen LogP contribution >= 0.6 is 0 Å². The molecule has 0 fully saturated rings. The zero-order chi connectivity index (χ0) is 21.0. The zero-order valence-corrected chi connectivity index (χ0v) is 16.1. The molecule has 1 amide bonds. The highest BCUT2D eigenvalue weighted by Gasteiger charge is 2.13. The van der Waals surface area contributed by atoms with Gasteiger partial charge in [-0.05, 0) is 43.3 Å². The van der Waals surface area contributed by atoms with Gasteiger partial charge in [0.15, 0.2) is 0 Å². The topological polar surface area (TPSA) is 95.3 Å². The number of carbonyl (C=O) groups excluding carboxylic acids is 2. The van der Waals surface area contributed by atoms with E-state index in [-0.39, 0.29) is 34.5 Å². The molecule has 0 N–H and O–H groups in total. The summed E-state index contributed by atoms with van der Waals surface area (Å²) in [5.41, 5.74) is 0.250. The third-order valence-corrected chi connectivity index (χ3v) is 3.88. The highest BCUT2D eigenvalue weighted by atomic mass is 16.6. The van der Waals surface area contributed by atoms with E-state index in [1.54, 1.807) is 45.3 Å². The Balaban J connectivity index is 1.82. The number of carbonyl (C=O) groups is 2. The maximum atomic E-state index is 12.7. The quantitative estimate of drug-likeness (QED) is 0.604. The van der Waals surface area contributed by atoms with Crippen LogP contribution in [-0.2, 0) is 4.74 Å². The minimum Gasteiger partial charge on any atom is -0.462 e. The van der Waals surface area contributed by atoms with Crippen LogP contribution in [0.15, 0.2) is 57.9 Å². The van der Waals surface area contributed by atoms with Crippen molar-refractivity contribution in [3.05, 3.63) is 64.5 Å². The molecule has 0 aliphatic carbocycles. The lowest BCUT2D eigenvalue weighted by molar-refractivity contribution is 0.0526. The van der Waals surface area contributed by atoms with E-state index >= 15 is 0 Å². The van der Waals surface area contributed by atoms with Crippen molar-refractivity contribution in [2.24, 2.45) is 0 Å². The number of fused-ring (bicyclic) bond motifs is 1. The number of hydrogen-bond acceptors (Lipinski definition) is 7. The van der Waals surface area contributed by atoms with E-state index in [4.69, 9.17) is 18.6 Å². The van der Waals surface area contributed by atoms with Gasteiger partial charge in [0, 0.05) is 20.2 Å². The smallest absolute Gasteiger partial charge is 0.414 e. The Hall–Kier alpha value is -3.81. The number of ether oxygens (including phenoxy) is 3. The summed E-state index contributed by atoms with van der Waals surface area (Å²) < 4.78 is 21.1. The first-order chi connectivity index (χ1) is 13.9. The van der Waals surface area contributed by atoms with Crippen molar-refractivity contribution in [2.75, 3.05) is 20.7 Å². The molecule has 3 aromatic rings. The standard InChI is InChI=1S/C21H19NO7/c1-4-26-20(24)13-5-7-14(8-6-13)28-18-12-27-17-11-15(29-21(25)22(2)3)9-10-16(17)19(18)23/h5-12H,4H2,1-3H3. The first-order valence-corrected chi connectivity index (χ1v) is 8.78. The lowest BCUT2D eigenvalue weighted by atomic mass is 10.2. The van der Waals surface area contributed by atoms with Gasteiger partial charge in [0.05, 0.1) is 17.6 Å². The Morgan fingerprint density at radius 3 is 2.38 bits per heavy atom. The largest absolute Gasteiger partial charge is 0.462 e. The van der Waals surface area contributed by atoms with Crippen molar-refractivity contribution in [2.45, 2.75) is 6.92 Å². The average molecular weight is 397 g/mol. The number of rotatable bonds is 5. The molecule has 0 radical (unpaired) electrons. The van der Waals surface area contributed by atoms with Gasteiger partial charge in [-0.15, -0.1) is 0 Å². The van der Waals surface area contributed by atoms with Gasteiger partial charge in [0.25, 0.3) is 0 Å². The van der Waals surface area contributed by atoms with Crippen LogP contribution in [0.2, 0.25) is 0 Å². The molecule has 1 aromatic heterocycles. The van der Waals surface area contributed by atoms with E-state index in [0.717, 1.165) is 0 Å². The van der Waals surface area contributed by atoms with E-state index in [1.807, 2.05) is 0 Å². The fourth-order valence-corrected chi connectivity index (χ4v) is 2.42. The van der Waals surface area contributed by atoms with E-state index in [0.29, 0.717) is 11.3 Å². The SMILES string of the molecule is CCOC(=O)c1ccc(Oc2coc3cc(OC(=O)N(C)C)ccc3c2=O)cc1. The molecule has 0 aliphatic rings. The molecule has 8 heteroatoms. The van der Waals surface area contributed by atoms with E-state index < -0.39 is 12.1 Å². The number of nitrogens with zero attached hydrogens (tertiary/aromatic N) is 1. The third kappa shape index (κ3) is 4.55. The van der Waals surface area contributed by atoms with Crippen molar-refractivity contribution in [1.29, 1.82) is 0 Å². The first-order valence-electron chi connectivity index (χ1n) is 8.78. The Kier molecular flexibility index (Phi) is 5.82. The molecule has 150 valence electrons. The highest BCUT2D eigenvalue weighted by Crippen LogP contribution is 2.24. The fourth-order valence-electron chi connectivity index (χ4n) is 2.42. The minimum atomic E-state index is -0.544. The molecule has 0 saturated heterocycles. The van der Waals surface area contributed by atoms with Gasteiger partial charge in [-0.3, -0.25) is 4.79 Å². The molecule has 0 saturated carbocycles. The number of hydrogen-bond donors (Lipinski definition) is 0. The molecule has 0 atom stereocenters. The molecule has 0 bridgehead atoms. The van der Waals surface area contributed by atoms with E-state index in [1.165, 1.54) is 29.4 Å². The van der Waals surface area contributed by atoms with Crippen molar-refractivity contribution < 1.29 is 28.2 Å². The predicted octanol–water partition coefficient (Wildman–Crippen LogP) is 3.82. The van der Waals surface area contributed by atoms with E-state index in [9.17, 15) is 14.4 Å². The molecule has 3 rings (SSSR count). The van der Waals surface area contributed by atoms with Crippen molar-refractivity contribution >= 4 is 23.0 Å². The fraction of sp³-hybridized carbons (Fsp3) is 0.190. The first kappa shape index (κ1) is 19.9. The van der Waals surface area contributed by atoms with Crippen LogP contribution in [0.25, 0.3) is 11.0 Å². The lowest BCUT2D eigenvalue weighted by Gasteiger charge is -2.11. The second kappa shape index (κ2) is 8.47. The number of esters is 1. The second-order valence-electron chi connectivity index (χ2n) is 6.20. The Bertz CT molecular complexity index is 1100. The lowest BCUT2D eigenvalue weighted by Crippen LogP contribution is -2.25. The number of benzene rings is 2. The average Bonchev–Trinajstić information content (AvgIpc) is 2.70. The van der Waals surface area contributed by atoms with Crippen molar-refractivity contribution in [3.8, 4) is 17.2 Å². The molecule has 2 aromatic carbocycles. The Labute approximate surface area is 166 Å². The van der Waals surface area contributed by atoms with Crippen LogP contribution in [0.4, 0.5) is 4.79 Å². The second-order valence-corrected chi connectivity index (χ2v) is 6.20. The van der Waals surface area contributed by atoms with Crippen LogP contribution < -0.4 is 14.9 Å². The monoisotopic (exact) mass is 397 g/mol. The molecular formula is C21H19NO7. The normalized spacial score (nSPS) is 10.4.